The van der Waals surface area contributed by atoms with Crippen molar-refractivity contribution in [3.63, 3.8) is 0 Å². The van der Waals surface area contributed by atoms with E-state index in [1.807, 2.05) is 36.4 Å². The predicted molar refractivity (Wildman–Crippen MR) is 128 cm³/mol. The van der Waals surface area contributed by atoms with E-state index < -0.39 is 10.0 Å². The van der Waals surface area contributed by atoms with Crippen molar-refractivity contribution >= 4 is 32.7 Å². The second-order valence-corrected chi connectivity index (χ2v) is 10.3. The summed E-state index contributed by atoms with van der Waals surface area (Å²) in [6.45, 7) is 2.52. The maximum atomic E-state index is 13.3. The topological polar surface area (TPSA) is 95.0 Å². The molecule has 6 nitrogen and oxygen atoms in total. The van der Waals surface area contributed by atoms with Crippen molar-refractivity contribution in [2.75, 3.05) is 0 Å². The number of primary sulfonamides is 1. The Bertz CT molecular complexity index is 1400. The number of hydrogen-bond donors (Lipinski definition) is 1. The van der Waals surface area contributed by atoms with E-state index in [2.05, 4.69) is 19.1 Å². The first-order valence-corrected chi connectivity index (χ1v) is 12.6. The van der Waals surface area contributed by atoms with Gasteiger partial charge in [-0.1, -0.05) is 66.4 Å². The Balaban J connectivity index is 1.66. The van der Waals surface area contributed by atoms with Crippen molar-refractivity contribution in [2.45, 2.75) is 35.2 Å². The number of fused-ring (bicyclic) bond motifs is 1. The zero-order chi connectivity index (χ0) is 22.7. The largest absolute Gasteiger partial charge is 0.287 e. The standard InChI is InChI=1S/C24H23N3O3S2/c1-17(19-7-3-2-4-8-19)31-24-26-22-10-6-5-9-21(22)23(28)27(24)16-15-18-11-13-20(14-12-18)32(25,29)30/h2-14,17H,15-16H2,1H3,(H2,25,29,30)/t17-/m0/s1. The molecule has 1 atom stereocenters. The number of nitrogens with two attached hydrogens (primary N) is 1. The minimum atomic E-state index is -3.73. The first-order valence-electron chi connectivity index (χ1n) is 10.2. The summed E-state index contributed by atoms with van der Waals surface area (Å²) in [5.41, 5.74) is 2.66. The maximum Gasteiger partial charge on any atom is 0.262 e. The fraction of sp³-hybridized carbons (Fsp3) is 0.167. The molecule has 1 aromatic heterocycles. The van der Waals surface area contributed by atoms with E-state index in [0.717, 1.165) is 11.1 Å². The molecule has 4 rings (SSSR count). The van der Waals surface area contributed by atoms with Crippen LogP contribution < -0.4 is 10.7 Å². The van der Waals surface area contributed by atoms with Gasteiger partial charge in [0.15, 0.2) is 5.16 Å². The van der Waals surface area contributed by atoms with Crippen molar-refractivity contribution in [1.29, 1.82) is 0 Å². The SMILES string of the molecule is C[C@H](Sc1nc2ccccc2c(=O)n1CCc1ccc(S(N)(=O)=O)cc1)c1ccccc1. The lowest BCUT2D eigenvalue weighted by Gasteiger charge is -2.17. The van der Waals surface area contributed by atoms with Crippen LogP contribution in [0.4, 0.5) is 0 Å². The smallest absolute Gasteiger partial charge is 0.262 e. The molecule has 4 aromatic rings. The van der Waals surface area contributed by atoms with Gasteiger partial charge in [-0.15, -0.1) is 0 Å². The van der Waals surface area contributed by atoms with Crippen molar-refractivity contribution in [3.05, 3.63) is 100 Å². The van der Waals surface area contributed by atoms with Crippen LogP contribution in [0.3, 0.4) is 0 Å². The Hall–Kier alpha value is -2.94. The zero-order valence-electron chi connectivity index (χ0n) is 17.5. The summed E-state index contributed by atoms with van der Waals surface area (Å²) in [4.78, 5) is 18.1. The summed E-state index contributed by atoms with van der Waals surface area (Å²) < 4.78 is 24.7. The van der Waals surface area contributed by atoms with Gasteiger partial charge in [0, 0.05) is 11.8 Å². The van der Waals surface area contributed by atoms with E-state index >= 15 is 0 Å². The van der Waals surface area contributed by atoms with Crippen LogP contribution in [0.2, 0.25) is 0 Å². The van der Waals surface area contributed by atoms with Gasteiger partial charge in [0.25, 0.3) is 5.56 Å². The van der Waals surface area contributed by atoms with Crippen LogP contribution in [0.15, 0.2) is 93.7 Å². The highest BCUT2D eigenvalue weighted by atomic mass is 32.2. The Kier molecular flexibility index (Phi) is 6.45. The van der Waals surface area contributed by atoms with Gasteiger partial charge in [0.2, 0.25) is 10.0 Å². The zero-order valence-corrected chi connectivity index (χ0v) is 19.1. The second kappa shape index (κ2) is 9.28. The number of aromatic nitrogens is 2. The molecule has 0 unspecified atom stereocenters. The normalized spacial score (nSPS) is 12.7. The van der Waals surface area contributed by atoms with Gasteiger partial charge in [0.05, 0.1) is 15.8 Å². The van der Waals surface area contributed by atoms with E-state index in [-0.39, 0.29) is 15.7 Å². The molecule has 0 bridgehead atoms. The number of thioether (sulfide) groups is 1. The number of aryl methyl sites for hydroxylation is 1. The number of rotatable bonds is 7. The first kappa shape index (κ1) is 22.3. The number of para-hydroxylation sites is 1. The van der Waals surface area contributed by atoms with Crippen molar-refractivity contribution in [3.8, 4) is 0 Å². The summed E-state index contributed by atoms with van der Waals surface area (Å²) >= 11 is 1.55. The molecule has 0 saturated heterocycles. The molecule has 0 spiro atoms. The molecule has 0 radical (unpaired) electrons. The highest BCUT2D eigenvalue weighted by Gasteiger charge is 2.16. The summed E-state index contributed by atoms with van der Waals surface area (Å²) in [5.74, 6) is 0. The summed E-state index contributed by atoms with van der Waals surface area (Å²) in [6, 6.07) is 23.9. The van der Waals surface area contributed by atoms with Crippen LogP contribution in [-0.2, 0) is 23.0 Å². The minimum Gasteiger partial charge on any atom is -0.287 e. The van der Waals surface area contributed by atoms with Gasteiger partial charge in [-0.05, 0) is 48.7 Å². The highest BCUT2D eigenvalue weighted by Crippen LogP contribution is 2.33. The molecule has 0 aliphatic heterocycles. The average Bonchev–Trinajstić information content (AvgIpc) is 2.79. The molecule has 3 aromatic carbocycles. The third-order valence-electron chi connectivity index (χ3n) is 5.25. The van der Waals surface area contributed by atoms with Gasteiger partial charge in [-0.3, -0.25) is 9.36 Å². The number of sulfonamides is 1. The molecular weight excluding hydrogens is 442 g/mol. The van der Waals surface area contributed by atoms with E-state index in [0.29, 0.717) is 29.0 Å². The molecule has 8 heteroatoms. The maximum absolute atomic E-state index is 13.3. The lowest BCUT2D eigenvalue weighted by molar-refractivity contribution is 0.593. The van der Waals surface area contributed by atoms with Crippen molar-refractivity contribution in [2.24, 2.45) is 5.14 Å². The van der Waals surface area contributed by atoms with E-state index in [4.69, 9.17) is 10.1 Å². The van der Waals surface area contributed by atoms with Crippen LogP contribution in [0.25, 0.3) is 10.9 Å². The quantitative estimate of drug-likeness (QED) is 0.327. The summed E-state index contributed by atoms with van der Waals surface area (Å²) in [5, 5.41) is 6.53. The van der Waals surface area contributed by atoms with Crippen LogP contribution >= 0.6 is 11.8 Å². The molecule has 0 aliphatic rings. The summed E-state index contributed by atoms with van der Waals surface area (Å²) in [6.07, 6.45) is 0.554. The van der Waals surface area contributed by atoms with Gasteiger partial charge in [-0.2, -0.15) is 0 Å². The number of hydrogen-bond acceptors (Lipinski definition) is 5. The first-order chi connectivity index (χ1) is 15.3. The number of benzene rings is 3. The van der Waals surface area contributed by atoms with Gasteiger partial charge in [0.1, 0.15) is 0 Å². The molecule has 0 aliphatic carbocycles. The third kappa shape index (κ3) is 4.93. The predicted octanol–water partition coefficient (Wildman–Crippen LogP) is 4.14. The van der Waals surface area contributed by atoms with Crippen LogP contribution in [0, 0.1) is 0 Å². The summed E-state index contributed by atoms with van der Waals surface area (Å²) in [7, 11) is -3.73. The fourth-order valence-corrected chi connectivity index (χ4v) is 5.05. The average molecular weight is 466 g/mol. The Morgan fingerprint density at radius 1 is 0.969 bits per heavy atom. The molecular formula is C24H23N3O3S2. The lowest BCUT2D eigenvalue weighted by Crippen LogP contribution is -2.24. The molecule has 1 heterocycles. The second-order valence-electron chi connectivity index (χ2n) is 7.48. The van der Waals surface area contributed by atoms with Crippen molar-refractivity contribution in [1.82, 2.24) is 9.55 Å². The van der Waals surface area contributed by atoms with Crippen LogP contribution in [-0.4, -0.2) is 18.0 Å². The Morgan fingerprint density at radius 3 is 2.31 bits per heavy atom. The number of nitrogens with zero attached hydrogens (tertiary/aromatic N) is 2. The Labute approximate surface area is 191 Å². The lowest BCUT2D eigenvalue weighted by atomic mass is 10.1. The molecule has 0 saturated carbocycles. The molecule has 2 N–H and O–H groups in total. The Morgan fingerprint density at radius 2 is 1.62 bits per heavy atom. The molecule has 32 heavy (non-hydrogen) atoms. The van der Waals surface area contributed by atoms with E-state index in [1.165, 1.54) is 12.1 Å². The minimum absolute atomic E-state index is 0.0683. The monoisotopic (exact) mass is 465 g/mol. The fourth-order valence-electron chi connectivity index (χ4n) is 3.47. The molecule has 164 valence electrons. The molecule has 0 amide bonds. The van der Waals surface area contributed by atoms with Crippen LogP contribution in [0.1, 0.15) is 23.3 Å². The van der Waals surface area contributed by atoms with Crippen LogP contribution in [0.5, 0.6) is 0 Å². The van der Waals surface area contributed by atoms with Gasteiger partial charge in [-0.25, -0.2) is 18.5 Å². The van der Waals surface area contributed by atoms with Gasteiger partial charge >= 0.3 is 0 Å². The highest BCUT2D eigenvalue weighted by molar-refractivity contribution is 7.99. The van der Waals surface area contributed by atoms with E-state index in [1.54, 1.807) is 34.5 Å². The van der Waals surface area contributed by atoms with Gasteiger partial charge < -0.3 is 0 Å². The third-order valence-corrected chi connectivity index (χ3v) is 7.33. The van der Waals surface area contributed by atoms with E-state index in [9.17, 15) is 13.2 Å². The molecule has 0 fully saturated rings. The van der Waals surface area contributed by atoms with Crippen molar-refractivity contribution < 1.29 is 8.42 Å².